The van der Waals surface area contributed by atoms with Gasteiger partial charge in [0.15, 0.2) is 11.5 Å². The van der Waals surface area contributed by atoms with Gasteiger partial charge in [-0.05, 0) is 30.3 Å². The van der Waals surface area contributed by atoms with Crippen LogP contribution >= 0.6 is 11.6 Å². The zero-order valence-corrected chi connectivity index (χ0v) is 15.1. The van der Waals surface area contributed by atoms with Gasteiger partial charge in [0.25, 0.3) is 11.6 Å². The van der Waals surface area contributed by atoms with Crippen LogP contribution in [0.1, 0.15) is 5.56 Å². The molecule has 1 N–H and O–H groups in total. The summed E-state index contributed by atoms with van der Waals surface area (Å²) in [4.78, 5) is 23.1. The van der Waals surface area contributed by atoms with Crippen molar-refractivity contribution in [3.63, 3.8) is 0 Å². The quantitative estimate of drug-likeness (QED) is 0.351. The average molecular weight is 402 g/mol. The third-order valence-electron chi connectivity index (χ3n) is 3.79. The summed E-state index contributed by atoms with van der Waals surface area (Å²) in [6.07, 6.45) is 1.11. The maximum atomic E-state index is 12.4. The van der Waals surface area contributed by atoms with E-state index in [1.54, 1.807) is 18.2 Å². The third-order valence-corrected chi connectivity index (χ3v) is 4.09. The molecule has 0 atom stereocenters. The summed E-state index contributed by atoms with van der Waals surface area (Å²) in [5.74, 6) is 0.179. The minimum Gasteiger partial charge on any atom is -0.495 e. The molecule has 1 amide bonds. The highest BCUT2D eigenvalue weighted by Gasteiger charge is 2.23. The molecule has 142 valence electrons. The normalized spacial score (nSPS) is 12.2. The monoisotopic (exact) mass is 401 g/mol. The lowest BCUT2D eigenvalue weighted by atomic mass is 10.1. The minimum atomic E-state index is -0.754. The van der Waals surface area contributed by atoms with Crippen LogP contribution in [0.5, 0.6) is 17.2 Å². The molecule has 0 bridgehead atoms. The smallest absolute Gasteiger partial charge is 0.280 e. The van der Waals surface area contributed by atoms with Gasteiger partial charge in [-0.15, -0.1) is 0 Å². The number of halogens is 1. The summed E-state index contributed by atoms with van der Waals surface area (Å²) in [5, 5.41) is 23.4. The molecule has 0 aromatic heterocycles. The predicted molar refractivity (Wildman–Crippen MR) is 99.4 cm³/mol. The second kappa shape index (κ2) is 7.85. The zero-order valence-electron chi connectivity index (χ0n) is 14.4. The van der Waals surface area contributed by atoms with Gasteiger partial charge in [0.2, 0.25) is 6.79 Å². The summed E-state index contributed by atoms with van der Waals surface area (Å²) in [6.45, 7) is -0.0660. The van der Waals surface area contributed by atoms with Crippen LogP contribution in [0.2, 0.25) is 5.02 Å². The van der Waals surface area contributed by atoms with Crippen molar-refractivity contribution in [1.82, 2.24) is 0 Å². The zero-order chi connectivity index (χ0) is 20.3. The molecule has 0 fully saturated rings. The van der Waals surface area contributed by atoms with Crippen LogP contribution in [0.3, 0.4) is 0 Å². The lowest BCUT2D eigenvalue weighted by molar-refractivity contribution is -0.385. The van der Waals surface area contributed by atoms with E-state index in [1.165, 1.54) is 25.3 Å². The van der Waals surface area contributed by atoms with Crippen LogP contribution in [0.4, 0.5) is 11.4 Å². The highest BCUT2D eigenvalue weighted by atomic mass is 35.5. The summed E-state index contributed by atoms with van der Waals surface area (Å²) >= 11 is 6.01. The van der Waals surface area contributed by atoms with E-state index in [9.17, 15) is 20.2 Å². The molecule has 3 rings (SSSR count). The Morgan fingerprint density at radius 3 is 2.68 bits per heavy atom. The molecule has 0 aliphatic carbocycles. The van der Waals surface area contributed by atoms with Crippen LogP contribution in [0.15, 0.2) is 35.9 Å². The number of carbonyl (C=O) groups excluding carboxylic acids is 1. The molecule has 0 saturated heterocycles. The number of rotatable bonds is 5. The van der Waals surface area contributed by atoms with Gasteiger partial charge in [-0.25, -0.2) is 0 Å². The van der Waals surface area contributed by atoms with Crippen molar-refractivity contribution in [2.75, 3.05) is 19.2 Å². The first-order chi connectivity index (χ1) is 13.4. The lowest BCUT2D eigenvalue weighted by Gasteiger charge is -2.08. The van der Waals surface area contributed by atoms with Crippen LogP contribution in [0, 0.1) is 21.4 Å². The molecule has 0 saturated carbocycles. The van der Waals surface area contributed by atoms with Gasteiger partial charge in [-0.2, -0.15) is 5.26 Å². The second-order valence-electron chi connectivity index (χ2n) is 5.49. The summed E-state index contributed by atoms with van der Waals surface area (Å²) in [7, 11) is 1.45. The summed E-state index contributed by atoms with van der Waals surface area (Å²) in [5.41, 5.74) is -0.294. The van der Waals surface area contributed by atoms with Gasteiger partial charge in [0, 0.05) is 5.69 Å². The van der Waals surface area contributed by atoms with Crippen molar-refractivity contribution in [1.29, 1.82) is 5.26 Å². The van der Waals surface area contributed by atoms with Gasteiger partial charge >= 0.3 is 0 Å². The van der Waals surface area contributed by atoms with E-state index in [0.717, 1.165) is 6.08 Å². The Kier molecular flexibility index (Phi) is 5.33. The van der Waals surface area contributed by atoms with E-state index in [4.69, 9.17) is 25.8 Å². The molecule has 0 radical (unpaired) electrons. The maximum absolute atomic E-state index is 12.4. The fourth-order valence-corrected chi connectivity index (χ4v) is 2.73. The number of nitriles is 1. The van der Waals surface area contributed by atoms with Gasteiger partial charge < -0.3 is 19.5 Å². The number of hydrogen-bond acceptors (Lipinski definition) is 7. The van der Waals surface area contributed by atoms with Gasteiger partial charge in [0.1, 0.15) is 17.4 Å². The second-order valence-corrected chi connectivity index (χ2v) is 5.90. The van der Waals surface area contributed by atoms with Crippen LogP contribution in [-0.4, -0.2) is 24.7 Å². The van der Waals surface area contributed by atoms with Crippen LogP contribution < -0.4 is 19.5 Å². The Bertz CT molecular complexity index is 1040. The minimum absolute atomic E-state index is 0.0358. The molecular weight excluding hydrogens is 390 g/mol. The number of carbonyl (C=O) groups is 1. The first-order valence-electron chi connectivity index (χ1n) is 7.77. The number of methoxy groups -OCH3 is 1. The standard InChI is InChI=1S/C18H12ClN3O6/c1-26-15-3-2-12(6-13(15)19)21-18(23)11(8-20)4-10-5-16-17(28-9-27-16)7-14(10)22(24)25/h2-7H,9H2,1H3,(H,21,23)/b11-4-. The topological polar surface area (TPSA) is 124 Å². The third kappa shape index (κ3) is 3.82. The highest BCUT2D eigenvalue weighted by molar-refractivity contribution is 6.32. The number of anilines is 1. The molecular formula is C18H12ClN3O6. The fraction of sp³-hybridized carbons (Fsp3) is 0.111. The van der Waals surface area contributed by atoms with E-state index in [-0.39, 0.29) is 40.1 Å². The average Bonchev–Trinajstić information content (AvgIpc) is 3.12. The van der Waals surface area contributed by atoms with Crippen molar-refractivity contribution in [2.45, 2.75) is 0 Å². The van der Waals surface area contributed by atoms with E-state index in [0.29, 0.717) is 11.4 Å². The molecule has 0 unspecified atom stereocenters. The number of nitro benzene ring substituents is 1. The van der Waals surface area contributed by atoms with Crippen LogP contribution in [-0.2, 0) is 4.79 Å². The number of fused-ring (bicyclic) bond motifs is 1. The Hall–Kier alpha value is -3.77. The van der Waals surface area contributed by atoms with E-state index in [2.05, 4.69) is 5.32 Å². The molecule has 10 heteroatoms. The van der Waals surface area contributed by atoms with Crippen molar-refractivity contribution < 1.29 is 23.9 Å². The van der Waals surface area contributed by atoms with Crippen molar-refractivity contribution in [3.05, 3.63) is 56.6 Å². The van der Waals surface area contributed by atoms with E-state index >= 15 is 0 Å². The number of benzene rings is 2. The molecule has 1 aliphatic rings. The summed E-state index contributed by atoms with van der Waals surface area (Å²) in [6, 6.07) is 8.81. The lowest BCUT2D eigenvalue weighted by Crippen LogP contribution is -2.13. The van der Waals surface area contributed by atoms with Gasteiger partial charge in [0.05, 0.1) is 28.7 Å². The predicted octanol–water partition coefficient (Wildman–Crippen LogP) is 3.53. The molecule has 28 heavy (non-hydrogen) atoms. The Morgan fingerprint density at radius 2 is 2.07 bits per heavy atom. The molecule has 1 aliphatic heterocycles. The molecule has 1 heterocycles. The Labute approximate surface area is 163 Å². The van der Waals surface area contributed by atoms with Gasteiger partial charge in [-0.1, -0.05) is 11.6 Å². The van der Waals surface area contributed by atoms with Crippen LogP contribution in [0.25, 0.3) is 6.08 Å². The first kappa shape index (κ1) is 19.0. The van der Waals surface area contributed by atoms with Gasteiger partial charge in [-0.3, -0.25) is 14.9 Å². The Morgan fingerprint density at radius 1 is 1.36 bits per heavy atom. The number of ether oxygens (including phenoxy) is 3. The van der Waals surface area contributed by atoms with Crippen molar-refractivity contribution in [3.8, 4) is 23.3 Å². The van der Waals surface area contributed by atoms with Crippen molar-refractivity contribution >= 4 is 35.0 Å². The number of nitrogens with zero attached hydrogens (tertiary/aromatic N) is 2. The molecule has 9 nitrogen and oxygen atoms in total. The van der Waals surface area contributed by atoms with Crippen molar-refractivity contribution in [2.24, 2.45) is 0 Å². The fourth-order valence-electron chi connectivity index (χ4n) is 2.47. The number of nitro groups is 1. The number of amides is 1. The molecule has 2 aromatic rings. The number of nitrogens with one attached hydrogen (secondary N) is 1. The largest absolute Gasteiger partial charge is 0.495 e. The maximum Gasteiger partial charge on any atom is 0.280 e. The molecule has 0 spiro atoms. The Balaban J connectivity index is 1.92. The first-order valence-corrected chi connectivity index (χ1v) is 8.15. The summed E-state index contributed by atoms with van der Waals surface area (Å²) < 4.78 is 15.3. The highest BCUT2D eigenvalue weighted by Crippen LogP contribution is 2.38. The number of hydrogen-bond donors (Lipinski definition) is 1. The molecule has 2 aromatic carbocycles. The van der Waals surface area contributed by atoms with E-state index in [1.807, 2.05) is 0 Å². The van der Waals surface area contributed by atoms with E-state index < -0.39 is 10.8 Å². The SMILES string of the molecule is COc1ccc(NC(=O)/C(C#N)=C\c2cc3c(cc2[N+](=O)[O-])OCO3)cc1Cl.